The summed E-state index contributed by atoms with van der Waals surface area (Å²) in [5.41, 5.74) is 0. The van der Waals surface area contributed by atoms with Gasteiger partial charge in [-0.25, -0.2) is 0 Å². The molecule has 1 heterocycles. The van der Waals surface area contributed by atoms with Crippen LogP contribution in [0.5, 0.6) is 0 Å². The first-order valence-electron chi connectivity index (χ1n) is 5.45. The second kappa shape index (κ2) is 8.20. The average Bonchev–Trinajstić information content (AvgIpc) is 2.74. The summed E-state index contributed by atoms with van der Waals surface area (Å²) in [7, 11) is 1.65. The molecule has 0 saturated heterocycles. The summed E-state index contributed by atoms with van der Waals surface area (Å²) in [6.45, 7) is 5.33. The fraction of sp³-hybridized carbons (Fsp3) is 0.800. The summed E-state index contributed by atoms with van der Waals surface area (Å²) in [5, 5.41) is 6.97. The van der Waals surface area contributed by atoms with Crippen LogP contribution in [0.4, 0.5) is 0 Å². The van der Waals surface area contributed by atoms with E-state index in [4.69, 9.17) is 14.0 Å². The lowest BCUT2D eigenvalue weighted by Gasteiger charge is -1.99. The first-order chi connectivity index (χ1) is 7.86. The topological polar surface area (TPSA) is 69.4 Å². The monoisotopic (exact) mass is 229 g/mol. The Morgan fingerprint density at radius 1 is 1.31 bits per heavy atom. The van der Waals surface area contributed by atoms with Crippen LogP contribution >= 0.6 is 0 Å². The van der Waals surface area contributed by atoms with Crippen molar-refractivity contribution in [2.75, 3.05) is 33.5 Å². The van der Waals surface area contributed by atoms with Crippen LogP contribution in [0.15, 0.2) is 4.52 Å². The quantitative estimate of drug-likeness (QED) is 0.617. The molecular formula is C10H19N3O3. The Morgan fingerprint density at radius 3 is 2.94 bits per heavy atom. The average molecular weight is 229 g/mol. The zero-order valence-electron chi connectivity index (χ0n) is 9.86. The number of hydrogen-bond acceptors (Lipinski definition) is 6. The van der Waals surface area contributed by atoms with Crippen LogP contribution in [0, 0.1) is 0 Å². The van der Waals surface area contributed by atoms with Gasteiger partial charge in [0.15, 0.2) is 5.82 Å². The van der Waals surface area contributed by atoms with E-state index in [0.717, 1.165) is 6.54 Å². The van der Waals surface area contributed by atoms with Gasteiger partial charge >= 0.3 is 0 Å². The highest BCUT2D eigenvalue weighted by atomic mass is 16.5. The van der Waals surface area contributed by atoms with E-state index in [0.29, 0.717) is 44.5 Å². The number of ether oxygens (including phenoxy) is 2. The Kier molecular flexibility index (Phi) is 6.71. The molecule has 0 unspecified atom stereocenters. The molecule has 1 aromatic rings. The molecule has 0 amide bonds. The second-order valence-corrected chi connectivity index (χ2v) is 3.24. The van der Waals surface area contributed by atoms with Gasteiger partial charge < -0.3 is 19.3 Å². The van der Waals surface area contributed by atoms with Gasteiger partial charge in [-0.1, -0.05) is 12.1 Å². The van der Waals surface area contributed by atoms with Gasteiger partial charge in [0, 0.05) is 13.5 Å². The fourth-order valence-corrected chi connectivity index (χ4v) is 1.10. The van der Waals surface area contributed by atoms with E-state index >= 15 is 0 Å². The lowest BCUT2D eigenvalue weighted by atomic mass is 10.4. The smallest absolute Gasteiger partial charge is 0.240 e. The van der Waals surface area contributed by atoms with Crippen molar-refractivity contribution in [1.29, 1.82) is 0 Å². The van der Waals surface area contributed by atoms with E-state index < -0.39 is 0 Å². The molecule has 0 radical (unpaired) electrons. The maximum atomic E-state index is 5.31. The summed E-state index contributed by atoms with van der Waals surface area (Å²) >= 11 is 0. The minimum Gasteiger partial charge on any atom is -0.382 e. The van der Waals surface area contributed by atoms with E-state index in [1.54, 1.807) is 7.11 Å². The molecule has 1 N–H and O–H groups in total. The molecule has 0 saturated carbocycles. The van der Waals surface area contributed by atoms with Gasteiger partial charge in [0.2, 0.25) is 5.89 Å². The highest BCUT2D eigenvalue weighted by molar-refractivity contribution is 4.85. The van der Waals surface area contributed by atoms with Gasteiger partial charge in [0.1, 0.15) is 0 Å². The molecule has 0 aliphatic rings. The normalized spacial score (nSPS) is 10.9. The van der Waals surface area contributed by atoms with Crippen molar-refractivity contribution in [1.82, 2.24) is 15.5 Å². The highest BCUT2D eigenvalue weighted by Crippen LogP contribution is 1.98. The first-order valence-corrected chi connectivity index (χ1v) is 5.45. The summed E-state index contributed by atoms with van der Waals surface area (Å²) < 4.78 is 15.2. The van der Waals surface area contributed by atoms with E-state index in [1.807, 2.05) is 6.92 Å². The van der Waals surface area contributed by atoms with Crippen LogP contribution in [-0.2, 0) is 22.4 Å². The molecule has 1 aromatic heterocycles. The van der Waals surface area contributed by atoms with Gasteiger partial charge in [-0.2, -0.15) is 4.98 Å². The van der Waals surface area contributed by atoms with E-state index in [1.165, 1.54) is 0 Å². The molecule has 0 fully saturated rings. The Hall–Kier alpha value is -0.980. The van der Waals surface area contributed by atoms with Crippen LogP contribution in [0.3, 0.4) is 0 Å². The van der Waals surface area contributed by atoms with Crippen molar-refractivity contribution in [3.63, 3.8) is 0 Å². The predicted octanol–water partition coefficient (Wildman–Crippen LogP) is 0.385. The zero-order chi connectivity index (χ0) is 11.6. The summed E-state index contributed by atoms with van der Waals surface area (Å²) in [4.78, 5) is 4.21. The maximum Gasteiger partial charge on any atom is 0.240 e. The van der Waals surface area contributed by atoms with Crippen molar-refractivity contribution in [2.24, 2.45) is 0 Å². The number of nitrogens with one attached hydrogen (secondary N) is 1. The van der Waals surface area contributed by atoms with Crippen LogP contribution in [0.25, 0.3) is 0 Å². The van der Waals surface area contributed by atoms with Crippen molar-refractivity contribution >= 4 is 0 Å². The molecule has 92 valence electrons. The van der Waals surface area contributed by atoms with E-state index in [-0.39, 0.29) is 0 Å². The van der Waals surface area contributed by atoms with Crippen molar-refractivity contribution < 1.29 is 14.0 Å². The van der Waals surface area contributed by atoms with Crippen LogP contribution < -0.4 is 5.32 Å². The lowest BCUT2D eigenvalue weighted by Crippen LogP contribution is -2.12. The maximum absolute atomic E-state index is 5.31. The van der Waals surface area contributed by atoms with Crippen LogP contribution in [0.1, 0.15) is 18.6 Å². The molecule has 0 aliphatic heterocycles. The standard InChI is InChI=1S/C10H19N3O3/c1-3-11-8-10-12-9(13-16-10)4-5-15-7-6-14-2/h11H,3-8H2,1-2H3. The van der Waals surface area contributed by atoms with Gasteiger partial charge in [0.25, 0.3) is 0 Å². The third-order valence-corrected chi connectivity index (χ3v) is 1.94. The van der Waals surface area contributed by atoms with Gasteiger partial charge in [0.05, 0.1) is 26.4 Å². The Balaban J connectivity index is 2.14. The van der Waals surface area contributed by atoms with Crippen molar-refractivity contribution in [3.8, 4) is 0 Å². The number of nitrogens with zero attached hydrogens (tertiary/aromatic N) is 2. The summed E-state index contributed by atoms with van der Waals surface area (Å²) in [6, 6.07) is 0. The zero-order valence-corrected chi connectivity index (χ0v) is 9.86. The Labute approximate surface area is 95.3 Å². The summed E-state index contributed by atoms with van der Waals surface area (Å²) in [5.74, 6) is 1.30. The molecule has 0 atom stereocenters. The molecule has 0 aliphatic carbocycles. The number of rotatable bonds is 9. The van der Waals surface area contributed by atoms with Gasteiger partial charge in [-0.15, -0.1) is 0 Å². The number of aromatic nitrogens is 2. The largest absolute Gasteiger partial charge is 0.382 e. The van der Waals surface area contributed by atoms with E-state index in [2.05, 4.69) is 15.5 Å². The van der Waals surface area contributed by atoms with E-state index in [9.17, 15) is 0 Å². The fourth-order valence-electron chi connectivity index (χ4n) is 1.10. The van der Waals surface area contributed by atoms with Gasteiger partial charge in [-0.3, -0.25) is 0 Å². The molecule has 0 spiro atoms. The Morgan fingerprint density at radius 2 is 2.19 bits per heavy atom. The number of hydrogen-bond donors (Lipinski definition) is 1. The third kappa shape index (κ3) is 5.20. The predicted molar refractivity (Wildman–Crippen MR) is 58.1 cm³/mol. The molecule has 6 heteroatoms. The van der Waals surface area contributed by atoms with Crippen LogP contribution in [0.2, 0.25) is 0 Å². The molecular weight excluding hydrogens is 210 g/mol. The lowest BCUT2D eigenvalue weighted by molar-refractivity contribution is 0.0714. The SMILES string of the molecule is CCNCc1nc(CCOCCOC)no1. The number of methoxy groups -OCH3 is 1. The molecule has 6 nitrogen and oxygen atoms in total. The Bertz CT molecular complexity index is 278. The summed E-state index contributed by atoms with van der Waals surface area (Å²) in [6.07, 6.45) is 0.666. The first kappa shape index (κ1) is 13.1. The van der Waals surface area contributed by atoms with Gasteiger partial charge in [-0.05, 0) is 6.54 Å². The molecule has 0 bridgehead atoms. The van der Waals surface area contributed by atoms with Crippen molar-refractivity contribution in [3.05, 3.63) is 11.7 Å². The molecule has 0 aromatic carbocycles. The third-order valence-electron chi connectivity index (χ3n) is 1.94. The minimum absolute atomic E-state index is 0.587. The minimum atomic E-state index is 0.587. The van der Waals surface area contributed by atoms with Crippen LogP contribution in [-0.4, -0.2) is 43.6 Å². The second-order valence-electron chi connectivity index (χ2n) is 3.24. The molecule has 16 heavy (non-hydrogen) atoms. The molecule has 1 rings (SSSR count). The van der Waals surface area contributed by atoms with Crippen molar-refractivity contribution in [2.45, 2.75) is 19.9 Å². The highest BCUT2D eigenvalue weighted by Gasteiger charge is 2.04.